The van der Waals surface area contributed by atoms with Gasteiger partial charge in [-0.2, -0.15) is 0 Å². The van der Waals surface area contributed by atoms with Crippen LogP contribution in [0.2, 0.25) is 0 Å². The van der Waals surface area contributed by atoms with E-state index in [1.165, 1.54) is 10.6 Å². The number of nitrogens with zero attached hydrogens (tertiary/aromatic N) is 5. The van der Waals surface area contributed by atoms with Crippen LogP contribution < -0.4 is 24.4 Å². The lowest BCUT2D eigenvalue weighted by atomic mass is 9.93. The van der Waals surface area contributed by atoms with Gasteiger partial charge < -0.3 is 14.2 Å². The van der Waals surface area contributed by atoms with Crippen LogP contribution in [0.1, 0.15) is 41.0 Å². The molecule has 2 aliphatic heterocycles. The fourth-order valence-corrected chi connectivity index (χ4v) is 7.63. The second-order valence-electron chi connectivity index (χ2n) is 11.1. The molecule has 0 bridgehead atoms. The fraction of sp³-hybridized carbons (Fsp3) is 0.171. The van der Waals surface area contributed by atoms with Crippen LogP contribution in [0.5, 0.6) is 11.5 Å². The lowest BCUT2D eigenvalue weighted by molar-refractivity contribution is -0.387. The molecule has 14 heteroatoms. The topological polar surface area (TPSA) is 148 Å². The molecule has 0 amide bonds. The van der Waals surface area contributed by atoms with Gasteiger partial charge >= 0.3 is 5.97 Å². The van der Waals surface area contributed by atoms with Crippen molar-refractivity contribution in [3.63, 3.8) is 0 Å². The number of fused-ring (bicyclic) bond motifs is 2. The van der Waals surface area contributed by atoms with Crippen molar-refractivity contribution in [1.29, 1.82) is 0 Å². The Kier molecular flexibility index (Phi) is 8.57. The maximum Gasteiger partial charge on any atom is 0.338 e. The summed E-state index contributed by atoms with van der Waals surface area (Å²) < 4.78 is 18.4. The number of carbonyl (C=O) groups excluding carboxylic acids is 1. The largest absolute Gasteiger partial charge is 0.463 e. The molecule has 2 aromatic heterocycles. The zero-order chi connectivity index (χ0) is 34.2. The molecule has 0 fully saturated rings. The molecule has 246 valence electrons. The van der Waals surface area contributed by atoms with Gasteiger partial charge in [-0.05, 0) is 74.0 Å². The molecule has 4 heterocycles. The zero-order valence-electron chi connectivity index (χ0n) is 26.4. The third-order valence-electron chi connectivity index (χ3n) is 7.73. The van der Waals surface area contributed by atoms with Crippen molar-refractivity contribution in [2.45, 2.75) is 36.9 Å². The van der Waals surface area contributed by atoms with Crippen molar-refractivity contribution in [2.75, 3.05) is 13.4 Å². The maximum absolute atomic E-state index is 14.3. The molecule has 1 atom stereocenters. The molecular formula is C35H27N5O7S2. The number of aromatic nitrogens is 3. The summed E-state index contributed by atoms with van der Waals surface area (Å²) in [5, 5.41) is 12.6. The van der Waals surface area contributed by atoms with E-state index in [-0.39, 0.29) is 29.2 Å². The van der Waals surface area contributed by atoms with Crippen molar-refractivity contribution in [1.82, 2.24) is 14.5 Å². The zero-order valence-corrected chi connectivity index (χ0v) is 28.0. The summed E-state index contributed by atoms with van der Waals surface area (Å²) in [5.74, 6) is 0.421. The number of thiazole rings is 1. The summed E-state index contributed by atoms with van der Waals surface area (Å²) in [6.07, 6.45) is 1.59. The van der Waals surface area contributed by atoms with E-state index >= 15 is 0 Å². The van der Waals surface area contributed by atoms with Crippen LogP contribution in [0.15, 0.2) is 98.2 Å². The van der Waals surface area contributed by atoms with Gasteiger partial charge in [0.25, 0.3) is 11.2 Å². The molecule has 49 heavy (non-hydrogen) atoms. The number of esters is 1. The first-order valence-electron chi connectivity index (χ1n) is 15.2. The van der Waals surface area contributed by atoms with Gasteiger partial charge in [0, 0.05) is 23.0 Å². The number of hydrogen-bond donors (Lipinski definition) is 0. The van der Waals surface area contributed by atoms with Crippen LogP contribution in [-0.2, 0) is 9.53 Å². The molecule has 7 rings (SSSR count). The first-order chi connectivity index (χ1) is 23.7. The quantitative estimate of drug-likeness (QED) is 0.0927. The van der Waals surface area contributed by atoms with Crippen LogP contribution in [0, 0.1) is 24.0 Å². The van der Waals surface area contributed by atoms with Gasteiger partial charge in [-0.15, -0.1) is 0 Å². The number of benzene rings is 3. The summed E-state index contributed by atoms with van der Waals surface area (Å²) in [6.45, 7) is 5.55. The molecule has 0 radical (unpaired) electrons. The molecule has 3 aromatic carbocycles. The van der Waals surface area contributed by atoms with Gasteiger partial charge in [0.1, 0.15) is 0 Å². The fourth-order valence-electron chi connectivity index (χ4n) is 5.68. The van der Waals surface area contributed by atoms with Gasteiger partial charge in [-0.25, -0.2) is 19.8 Å². The monoisotopic (exact) mass is 693 g/mol. The lowest BCUT2D eigenvalue weighted by Crippen LogP contribution is -2.40. The predicted octanol–water partition coefficient (Wildman–Crippen LogP) is 5.13. The first-order valence-corrected chi connectivity index (χ1v) is 16.8. The summed E-state index contributed by atoms with van der Waals surface area (Å²) in [4.78, 5) is 54.1. The Labute approximate surface area is 287 Å². The highest BCUT2D eigenvalue weighted by atomic mass is 32.2. The van der Waals surface area contributed by atoms with Crippen molar-refractivity contribution in [3.8, 4) is 11.5 Å². The van der Waals surface area contributed by atoms with Crippen LogP contribution in [0.3, 0.4) is 0 Å². The Morgan fingerprint density at radius 2 is 1.82 bits per heavy atom. The normalized spacial score (nSPS) is 15.2. The Hall–Kier alpha value is -5.60. The van der Waals surface area contributed by atoms with Crippen LogP contribution in [0.4, 0.5) is 5.69 Å². The number of rotatable bonds is 8. The van der Waals surface area contributed by atoms with Gasteiger partial charge in [0.15, 0.2) is 21.5 Å². The SMILES string of the molecule is CCOC(=O)C1=C(c2ccccc2)N=c2s/c(=C/c3ccc(Sc4nc(C)cc(C)n4)c([N+](=O)[O-])c3)c(=O)n2[C@@H]1c1ccc2c(c1)OCO2. The number of ether oxygens (including phenoxy) is 3. The van der Waals surface area contributed by atoms with E-state index in [0.717, 1.165) is 34.5 Å². The van der Waals surface area contributed by atoms with Gasteiger partial charge in [0.05, 0.1) is 38.3 Å². The molecule has 0 unspecified atom stereocenters. The van der Waals surface area contributed by atoms with E-state index in [4.69, 9.17) is 19.2 Å². The molecule has 12 nitrogen and oxygen atoms in total. The predicted molar refractivity (Wildman–Crippen MR) is 182 cm³/mol. The van der Waals surface area contributed by atoms with E-state index in [9.17, 15) is 19.7 Å². The minimum Gasteiger partial charge on any atom is -0.463 e. The average molecular weight is 694 g/mol. The molecule has 0 N–H and O–H groups in total. The number of nitro groups is 1. The van der Waals surface area contributed by atoms with Gasteiger partial charge in [0.2, 0.25) is 6.79 Å². The van der Waals surface area contributed by atoms with E-state index in [0.29, 0.717) is 48.7 Å². The minimum absolute atomic E-state index is 0.0540. The molecule has 0 aliphatic carbocycles. The molecule has 2 aliphatic rings. The molecular weight excluding hydrogens is 667 g/mol. The third-order valence-corrected chi connectivity index (χ3v) is 9.64. The number of hydrogen-bond acceptors (Lipinski definition) is 12. The Bertz CT molecular complexity index is 2350. The highest BCUT2D eigenvalue weighted by Gasteiger charge is 2.36. The minimum atomic E-state index is -0.923. The third kappa shape index (κ3) is 6.23. The standard InChI is InChI=1S/C35H27N5O7S2/c1-4-45-33(42)29-30(22-8-6-5-7-9-22)38-35-39(31(29)23-11-12-25-26(17-23)47-18-46-25)32(41)28(49-35)16-21-10-13-27(24(15-21)40(43)44)48-34-36-19(2)14-20(3)37-34/h5-17,31H,4,18H2,1-3H3/b28-16+/t31-/m1/s1. The molecule has 0 saturated heterocycles. The Morgan fingerprint density at radius 3 is 2.55 bits per heavy atom. The van der Waals surface area contributed by atoms with E-state index in [1.807, 2.05) is 50.2 Å². The summed E-state index contributed by atoms with van der Waals surface area (Å²) in [7, 11) is 0. The number of carbonyl (C=O) groups is 1. The highest BCUT2D eigenvalue weighted by Crippen LogP contribution is 2.40. The second kappa shape index (κ2) is 13.1. The van der Waals surface area contributed by atoms with Crippen LogP contribution >= 0.6 is 23.1 Å². The van der Waals surface area contributed by atoms with E-state index < -0.39 is 22.5 Å². The molecule has 5 aromatic rings. The van der Waals surface area contributed by atoms with Crippen molar-refractivity contribution < 1.29 is 23.9 Å². The molecule has 0 saturated carbocycles. The Balaban J connectivity index is 1.40. The second-order valence-corrected chi connectivity index (χ2v) is 13.1. The van der Waals surface area contributed by atoms with Crippen molar-refractivity contribution >= 4 is 46.5 Å². The smallest absolute Gasteiger partial charge is 0.338 e. The summed E-state index contributed by atoms with van der Waals surface area (Å²) in [5.41, 5.74) is 3.20. The number of nitro benzene ring substituents is 1. The van der Waals surface area contributed by atoms with Crippen molar-refractivity contribution in [3.05, 3.63) is 136 Å². The van der Waals surface area contributed by atoms with Crippen LogP contribution in [-0.4, -0.2) is 38.8 Å². The highest BCUT2D eigenvalue weighted by molar-refractivity contribution is 7.99. The van der Waals surface area contributed by atoms with Crippen molar-refractivity contribution in [2.24, 2.45) is 4.99 Å². The summed E-state index contributed by atoms with van der Waals surface area (Å²) >= 11 is 2.22. The lowest BCUT2D eigenvalue weighted by Gasteiger charge is -2.26. The van der Waals surface area contributed by atoms with Gasteiger partial charge in [-0.3, -0.25) is 19.5 Å². The first kappa shape index (κ1) is 32.0. The number of aryl methyl sites for hydroxylation is 2. The van der Waals surface area contributed by atoms with E-state index in [2.05, 4.69) is 9.97 Å². The Morgan fingerprint density at radius 1 is 1.06 bits per heavy atom. The molecule has 0 spiro atoms. The van der Waals surface area contributed by atoms with Crippen LogP contribution in [0.25, 0.3) is 11.8 Å². The summed E-state index contributed by atoms with van der Waals surface area (Å²) in [6, 6.07) is 20.1. The van der Waals surface area contributed by atoms with E-state index in [1.54, 1.807) is 43.3 Å². The average Bonchev–Trinajstić information content (AvgIpc) is 3.68. The van der Waals surface area contributed by atoms with Gasteiger partial charge in [-0.1, -0.05) is 53.8 Å². The maximum atomic E-state index is 14.3.